The summed E-state index contributed by atoms with van der Waals surface area (Å²) in [6, 6.07) is 30.8. The summed E-state index contributed by atoms with van der Waals surface area (Å²) in [5.41, 5.74) is 2.00. The number of halogens is 1. The van der Waals surface area contributed by atoms with Crippen LogP contribution < -0.4 is 14.4 Å². The fourth-order valence-electron chi connectivity index (χ4n) is 5.75. The fourth-order valence-corrected chi connectivity index (χ4v) is 7.63. The standard InChI is InChI=1S/C36H38BrN3O5S/c1-45-32-21-19-31(20-22-32)40(46(43,44)33-17-6-3-7-18-33)26-35(41)39(25-28-13-10-14-29(37)23-28)34(24-27-11-4-2-5-12-27)36(42)38-30-15-8-9-16-30/h2-7,10-14,17-23,30,34H,8-9,15-16,24-26H2,1H3,(H,38,42)/t34-/m0/s1. The SMILES string of the molecule is COc1ccc(N(CC(=O)N(Cc2cccc(Br)c2)[C@@H](Cc2ccccc2)C(=O)NC2CCCC2)S(=O)(=O)c2ccccc2)cc1. The minimum atomic E-state index is -4.17. The topological polar surface area (TPSA) is 96.0 Å². The highest BCUT2D eigenvalue weighted by molar-refractivity contribution is 9.10. The van der Waals surface area contributed by atoms with E-state index in [9.17, 15) is 18.0 Å². The number of anilines is 1. The molecule has 1 N–H and O–H groups in total. The van der Waals surface area contributed by atoms with Gasteiger partial charge in [0.2, 0.25) is 11.8 Å². The van der Waals surface area contributed by atoms with Crippen LogP contribution in [0.4, 0.5) is 5.69 Å². The summed E-state index contributed by atoms with van der Waals surface area (Å²) in [5, 5.41) is 3.20. The Morgan fingerprint density at radius 3 is 2.13 bits per heavy atom. The Morgan fingerprint density at radius 1 is 0.870 bits per heavy atom. The molecule has 5 rings (SSSR count). The number of methoxy groups -OCH3 is 1. The number of carbonyl (C=O) groups is 2. The smallest absolute Gasteiger partial charge is 0.264 e. The average Bonchev–Trinajstić information content (AvgIpc) is 3.59. The molecule has 2 amide bonds. The summed E-state index contributed by atoms with van der Waals surface area (Å²) in [5.74, 6) is -0.200. The summed E-state index contributed by atoms with van der Waals surface area (Å²) in [7, 11) is -2.64. The van der Waals surface area contributed by atoms with Gasteiger partial charge in [-0.25, -0.2) is 8.42 Å². The van der Waals surface area contributed by atoms with Gasteiger partial charge in [0.05, 0.1) is 17.7 Å². The maximum Gasteiger partial charge on any atom is 0.264 e. The Kier molecular flexibility index (Phi) is 11.1. The minimum absolute atomic E-state index is 0.0443. The molecule has 8 nitrogen and oxygen atoms in total. The highest BCUT2D eigenvalue weighted by Crippen LogP contribution is 2.27. The van der Waals surface area contributed by atoms with Crippen molar-refractivity contribution in [2.75, 3.05) is 18.0 Å². The van der Waals surface area contributed by atoms with Gasteiger partial charge in [-0.1, -0.05) is 89.4 Å². The molecule has 0 aliphatic heterocycles. The molecule has 4 aromatic carbocycles. The maximum atomic E-state index is 14.6. The van der Waals surface area contributed by atoms with Gasteiger partial charge in [-0.2, -0.15) is 0 Å². The first-order valence-corrected chi connectivity index (χ1v) is 17.6. The van der Waals surface area contributed by atoms with Crippen molar-refractivity contribution in [3.8, 4) is 5.75 Å². The fraction of sp³-hybridized carbons (Fsp3) is 0.278. The number of nitrogens with one attached hydrogen (secondary N) is 1. The Bertz CT molecular complexity index is 1710. The van der Waals surface area contributed by atoms with Crippen molar-refractivity contribution in [2.45, 2.75) is 55.6 Å². The Labute approximate surface area is 279 Å². The van der Waals surface area contributed by atoms with E-state index >= 15 is 0 Å². The first-order valence-electron chi connectivity index (χ1n) is 15.3. The molecule has 1 atom stereocenters. The summed E-state index contributed by atoms with van der Waals surface area (Å²) in [4.78, 5) is 30.3. The number of benzene rings is 4. The zero-order valence-electron chi connectivity index (χ0n) is 25.7. The first-order chi connectivity index (χ1) is 22.2. The number of rotatable bonds is 13. The van der Waals surface area contributed by atoms with Crippen LogP contribution in [0.5, 0.6) is 5.75 Å². The highest BCUT2D eigenvalue weighted by atomic mass is 79.9. The summed E-state index contributed by atoms with van der Waals surface area (Å²) in [6.07, 6.45) is 4.15. The van der Waals surface area contributed by atoms with Gasteiger partial charge in [0.25, 0.3) is 10.0 Å². The lowest BCUT2D eigenvalue weighted by Gasteiger charge is -2.34. The zero-order chi connectivity index (χ0) is 32.5. The molecule has 10 heteroatoms. The minimum Gasteiger partial charge on any atom is -0.497 e. The molecule has 1 fully saturated rings. The van der Waals surface area contributed by atoms with Crippen LogP contribution in [0.15, 0.2) is 119 Å². The molecule has 0 unspecified atom stereocenters. The molecule has 0 spiro atoms. The third-order valence-electron chi connectivity index (χ3n) is 8.19. The van der Waals surface area contributed by atoms with Crippen LogP contribution in [0.25, 0.3) is 0 Å². The Hall–Kier alpha value is -4.15. The second-order valence-electron chi connectivity index (χ2n) is 11.4. The Morgan fingerprint density at radius 2 is 1.50 bits per heavy atom. The maximum absolute atomic E-state index is 14.6. The molecule has 46 heavy (non-hydrogen) atoms. The van der Waals surface area contributed by atoms with Crippen LogP contribution in [0.1, 0.15) is 36.8 Å². The van der Waals surface area contributed by atoms with Crippen LogP contribution in [-0.4, -0.2) is 50.9 Å². The number of hydrogen-bond donors (Lipinski definition) is 1. The lowest BCUT2D eigenvalue weighted by Crippen LogP contribution is -2.54. The van der Waals surface area contributed by atoms with Crippen molar-refractivity contribution in [1.82, 2.24) is 10.2 Å². The lowest BCUT2D eigenvalue weighted by atomic mass is 10.0. The second kappa shape index (κ2) is 15.4. The van der Waals surface area contributed by atoms with Gasteiger partial charge in [-0.3, -0.25) is 13.9 Å². The Balaban J connectivity index is 1.56. The van der Waals surface area contributed by atoms with Crippen molar-refractivity contribution < 1.29 is 22.7 Å². The molecular weight excluding hydrogens is 666 g/mol. The molecule has 1 aliphatic rings. The number of carbonyl (C=O) groups excluding carboxylic acids is 2. The van der Waals surface area contributed by atoms with E-state index in [1.54, 1.807) is 42.5 Å². The predicted molar refractivity (Wildman–Crippen MR) is 183 cm³/mol. The van der Waals surface area contributed by atoms with Crippen molar-refractivity contribution in [2.24, 2.45) is 0 Å². The molecule has 0 heterocycles. The number of hydrogen-bond acceptors (Lipinski definition) is 5. The van der Waals surface area contributed by atoms with Gasteiger partial charge in [0.15, 0.2) is 0 Å². The van der Waals surface area contributed by atoms with Gasteiger partial charge < -0.3 is 15.0 Å². The zero-order valence-corrected chi connectivity index (χ0v) is 28.1. The predicted octanol–water partition coefficient (Wildman–Crippen LogP) is 6.35. The van der Waals surface area contributed by atoms with Gasteiger partial charge in [-0.05, 0) is 72.5 Å². The van der Waals surface area contributed by atoms with Gasteiger partial charge in [0.1, 0.15) is 18.3 Å². The third kappa shape index (κ3) is 8.35. The molecule has 0 aromatic heterocycles. The third-order valence-corrected chi connectivity index (χ3v) is 10.5. The average molecular weight is 705 g/mol. The first kappa shape index (κ1) is 33.2. The monoisotopic (exact) mass is 703 g/mol. The summed E-state index contributed by atoms with van der Waals surface area (Å²) in [6.45, 7) is -0.407. The van der Waals surface area contributed by atoms with Gasteiger partial charge >= 0.3 is 0 Å². The highest BCUT2D eigenvalue weighted by Gasteiger charge is 2.35. The molecule has 4 aromatic rings. The van der Waals surface area contributed by atoms with E-state index in [2.05, 4.69) is 21.2 Å². The van der Waals surface area contributed by atoms with Crippen molar-refractivity contribution >= 4 is 43.5 Å². The molecule has 0 bridgehead atoms. The van der Waals surface area contributed by atoms with E-state index in [-0.39, 0.29) is 29.8 Å². The van der Waals surface area contributed by atoms with Crippen LogP contribution in [0.2, 0.25) is 0 Å². The quantitative estimate of drug-likeness (QED) is 0.175. The molecule has 0 saturated heterocycles. The van der Waals surface area contributed by atoms with Gasteiger partial charge in [-0.15, -0.1) is 0 Å². The molecular formula is C36H38BrN3O5S. The van der Waals surface area contributed by atoms with E-state index in [4.69, 9.17) is 4.74 Å². The van der Waals surface area contributed by atoms with E-state index < -0.39 is 28.5 Å². The van der Waals surface area contributed by atoms with E-state index in [0.29, 0.717) is 11.4 Å². The van der Waals surface area contributed by atoms with Crippen LogP contribution in [-0.2, 0) is 32.6 Å². The van der Waals surface area contributed by atoms with E-state index in [0.717, 1.165) is 45.6 Å². The number of amides is 2. The van der Waals surface area contributed by atoms with Crippen LogP contribution >= 0.6 is 15.9 Å². The number of ether oxygens (including phenoxy) is 1. The molecule has 0 radical (unpaired) electrons. The molecule has 1 aliphatic carbocycles. The van der Waals surface area contributed by atoms with Crippen molar-refractivity contribution in [3.63, 3.8) is 0 Å². The van der Waals surface area contributed by atoms with Crippen LogP contribution in [0, 0.1) is 0 Å². The van der Waals surface area contributed by atoms with Crippen molar-refractivity contribution in [1.29, 1.82) is 0 Å². The van der Waals surface area contributed by atoms with Crippen molar-refractivity contribution in [3.05, 3.63) is 125 Å². The largest absolute Gasteiger partial charge is 0.497 e. The summed E-state index contributed by atoms with van der Waals surface area (Å²) < 4.78 is 35.5. The molecule has 240 valence electrons. The van der Waals surface area contributed by atoms with Crippen LogP contribution in [0.3, 0.4) is 0 Å². The second-order valence-corrected chi connectivity index (χ2v) is 14.1. The number of nitrogens with zero attached hydrogens (tertiary/aromatic N) is 2. The van der Waals surface area contributed by atoms with E-state index in [1.807, 2.05) is 54.6 Å². The van der Waals surface area contributed by atoms with Gasteiger partial charge in [0, 0.05) is 23.5 Å². The molecule has 1 saturated carbocycles. The lowest BCUT2D eigenvalue weighted by molar-refractivity contribution is -0.140. The normalized spacial score (nSPS) is 14.0. The summed E-state index contributed by atoms with van der Waals surface area (Å²) >= 11 is 3.52. The van der Waals surface area contributed by atoms with E-state index in [1.165, 1.54) is 24.1 Å². The number of sulfonamides is 1.